The average molecular weight is 278 g/mol. The first-order chi connectivity index (χ1) is 9.16. The number of hydrogen-bond acceptors (Lipinski definition) is 4. The molecular formula is C16H30N4. The molecule has 20 heavy (non-hydrogen) atoms. The molecule has 1 aromatic rings. The molecule has 1 heterocycles. The molecule has 0 amide bonds. The summed E-state index contributed by atoms with van der Waals surface area (Å²) < 4.78 is 0. The summed E-state index contributed by atoms with van der Waals surface area (Å²) in [5, 5.41) is 6.66. The molecule has 0 saturated carbocycles. The van der Waals surface area contributed by atoms with Crippen molar-refractivity contribution in [2.24, 2.45) is 11.3 Å². The van der Waals surface area contributed by atoms with Crippen LogP contribution in [0.2, 0.25) is 0 Å². The van der Waals surface area contributed by atoms with E-state index in [9.17, 15) is 0 Å². The Balaban J connectivity index is 2.97. The van der Waals surface area contributed by atoms with Crippen LogP contribution in [0.25, 0.3) is 0 Å². The molecule has 1 atom stereocenters. The van der Waals surface area contributed by atoms with Crippen LogP contribution in [-0.2, 0) is 0 Å². The largest absolute Gasteiger partial charge is 0.373 e. The summed E-state index contributed by atoms with van der Waals surface area (Å²) in [5.41, 5.74) is 1.37. The van der Waals surface area contributed by atoms with Gasteiger partial charge in [0.05, 0.1) is 0 Å². The Morgan fingerprint density at radius 3 is 2.05 bits per heavy atom. The molecule has 0 saturated heterocycles. The highest BCUT2D eigenvalue weighted by molar-refractivity contribution is 5.57. The molecule has 0 aliphatic rings. The fraction of sp³-hybridized carbons (Fsp3) is 0.750. The lowest BCUT2D eigenvalue weighted by atomic mass is 9.82. The van der Waals surface area contributed by atoms with Gasteiger partial charge in [-0.25, -0.2) is 9.97 Å². The molecule has 4 nitrogen and oxygen atoms in total. The second-order valence-corrected chi connectivity index (χ2v) is 6.96. The third kappa shape index (κ3) is 4.09. The monoisotopic (exact) mass is 278 g/mol. The van der Waals surface area contributed by atoms with Gasteiger partial charge in [0, 0.05) is 25.1 Å². The van der Waals surface area contributed by atoms with Crippen molar-refractivity contribution in [3.63, 3.8) is 0 Å². The molecular weight excluding hydrogens is 248 g/mol. The highest BCUT2D eigenvalue weighted by Crippen LogP contribution is 2.27. The number of rotatable bonds is 5. The van der Waals surface area contributed by atoms with E-state index in [1.165, 1.54) is 0 Å². The SMILES string of the molecule is CNc1nc(C(C)C)nc(NCC(C)C(C)(C)C)c1C. The molecule has 2 N–H and O–H groups in total. The normalized spacial score (nSPS) is 13.4. The summed E-state index contributed by atoms with van der Waals surface area (Å²) in [5.74, 6) is 3.63. The Hall–Kier alpha value is -1.32. The minimum atomic E-state index is 0.292. The average Bonchev–Trinajstić information content (AvgIpc) is 2.35. The van der Waals surface area contributed by atoms with E-state index in [-0.39, 0.29) is 0 Å². The van der Waals surface area contributed by atoms with Gasteiger partial charge in [-0.3, -0.25) is 0 Å². The predicted octanol–water partition coefficient (Wildman–Crippen LogP) is 4.04. The van der Waals surface area contributed by atoms with Crippen molar-refractivity contribution >= 4 is 11.6 Å². The van der Waals surface area contributed by atoms with Crippen LogP contribution < -0.4 is 10.6 Å². The van der Waals surface area contributed by atoms with E-state index in [0.717, 1.165) is 29.6 Å². The molecule has 0 spiro atoms. The zero-order valence-electron chi connectivity index (χ0n) is 14.3. The fourth-order valence-electron chi connectivity index (χ4n) is 1.76. The van der Waals surface area contributed by atoms with Crippen molar-refractivity contribution in [2.45, 2.75) is 54.4 Å². The fourth-order valence-corrected chi connectivity index (χ4v) is 1.76. The van der Waals surface area contributed by atoms with E-state index >= 15 is 0 Å². The maximum absolute atomic E-state index is 4.67. The van der Waals surface area contributed by atoms with Gasteiger partial charge in [0.15, 0.2) is 0 Å². The quantitative estimate of drug-likeness (QED) is 0.853. The van der Waals surface area contributed by atoms with Gasteiger partial charge in [0.25, 0.3) is 0 Å². The van der Waals surface area contributed by atoms with Crippen molar-refractivity contribution in [3.05, 3.63) is 11.4 Å². The molecule has 1 rings (SSSR count). The van der Waals surface area contributed by atoms with Gasteiger partial charge >= 0.3 is 0 Å². The van der Waals surface area contributed by atoms with E-state index < -0.39 is 0 Å². The minimum Gasteiger partial charge on any atom is -0.373 e. The first kappa shape index (κ1) is 16.7. The van der Waals surface area contributed by atoms with Crippen molar-refractivity contribution < 1.29 is 0 Å². The summed E-state index contributed by atoms with van der Waals surface area (Å²) >= 11 is 0. The molecule has 1 unspecified atom stereocenters. The summed E-state index contributed by atoms with van der Waals surface area (Å²) in [6.45, 7) is 16.3. The van der Waals surface area contributed by atoms with Crippen molar-refractivity contribution in [2.75, 3.05) is 24.2 Å². The van der Waals surface area contributed by atoms with Gasteiger partial charge in [0.1, 0.15) is 17.5 Å². The van der Waals surface area contributed by atoms with Crippen molar-refractivity contribution in [3.8, 4) is 0 Å². The number of hydrogen-bond donors (Lipinski definition) is 2. The number of nitrogens with zero attached hydrogens (tertiary/aromatic N) is 2. The Morgan fingerprint density at radius 1 is 1.05 bits per heavy atom. The third-order valence-electron chi connectivity index (χ3n) is 3.97. The molecule has 0 fully saturated rings. The summed E-state index contributed by atoms with van der Waals surface area (Å²) in [7, 11) is 1.90. The topological polar surface area (TPSA) is 49.8 Å². The zero-order valence-corrected chi connectivity index (χ0v) is 14.3. The van der Waals surface area contributed by atoms with Crippen LogP contribution in [-0.4, -0.2) is 23.6 Å². The third-order valence-corrected chi connectivity index (χ3v) is 3.97. The van der Waals surface area contributed by atoms with E-state index in [1.54, 1.807) is 0 Å². The molecule has 4 heteroatoms. The van der Waals surface area contributed by atoms with Gasteiger partial charge in [-0.15, -0.1) is 0 Å². The standard InChI is InChI=1S/C16H30N4/c1-10(2)13-19-14(17-8)12(4)15(20-13)18-9-11(3)16(5,6)7/h10-11H,9H2,1-8H3,(H2,17,18,19,20). The van der Waals surface area contributed by atoms with Crippen LogP contribution in [0.5, 0.6) is 0 Å². The van der Waals surface area contributed by atoms with Crippen LogP contribution >= 0.6 is 0 Å². The van der Waals surface area contributed by atoms with E-state index in [0.29, 0.717) is 17.3 Å². The molecule has 0 radical (unpaired) electrons. The first-order valence-electron chi connectivity index (χ1n) is 7.47. The van der Waals surface area contributed by atoms with Gasteiger partial charge in [-0.1, -0.05) is 41.5 Å². The first-order valence-corrected chi connectivity index (χ1v) is 7.47. The summed E-state index contributed by atoms with van der Waals surface area (Å²) in [4.78, 5) is 9.24. The number of anilines is 2. The molecule has 0 bridgehead atoms. The highest BCUT2D eigenvalue weighted by atomic mass is 15.1. The number of nitrogens with one attached hydrogen (secondary N) is 2. The second kappa shape index (κ2) is 6.42. The Morgan fingerprint density at radius 2 is 1.60 bits per heavy atom. The second-order valence-electron chi connectivity index (χ2n) is 6.96. The van der Waals surface area contributed by atoms with Crippen LogP contribution in [0.4, 0.5) is 11.6 Å². The Kier molecular flexibility index (Phi) is 5.37. The highest BCUT2D eigenvalue weighted by Gasteiger charge is 2.20. The van der Waals surface area contributed by atoms with E-state index in [2.05, 4.69) is 69.1 Å². The van der Waals surface area contributed by atoms with Crippen molar-refractivity contribution in [1.29, 1.82) is 0 Å². The van der Waals surface area contributed by atoms with Gasteiger partial charge in [-0.2, -0.15) is 0 Å². The number of aromatic nitrogens is 2. The lowest BCUT2D eigenvalue weighted by Gasteiger charge is -2.28. The molecule has 1 aromatic heterocycles. The molecule has 0 aliphatic heterocycles. The van der Waals surface area contributed by atoms with E-state index in [4.69, 9.17) is 0 Å². The lowest BCUT2D eigenvalue weighted by Crippen LogP contribution is -2.25. The predicted molar refractivity (Wildman–Crippen MR) is 87.5 cm³/mol. The maximum atomic E-state index is 4.67. The smallest absolute Gasteiger partial charge is 0.135 e. The lowest BCUT2D eigenvalue weighted by molar-refractivity contribution is 0.274. The van der Waals surface area contributed by atoms with Gasteiger partial charge < -0.3 is 10.6 Å². The minimum absolute atomic E-state index is 0.292. The van der Waals surface area contributed by atoms with Crippen LogP contribution in [0, 0.1) is 18.3 Å². The van der Waals surface area contributed by atoms with E-state index in [1.807, 2.05) is 7.05 Å². The summed E-state index contributed by atoms with van der Waals surface area (Å²) in [6.07, 6.45) is 0. The Labute approximate surface area is 123 Å². The molecule has 114 valence electrons. The van der Waals surface area contributed by atoms with Crippen LogP contribution in [0.1, 0.15) is 58.8 Å². The Bertz CT molecular complexity index is 447. The van der Waals surface area contributed by atoms with Crippen molar-refractivity contribution in [1.82, 2.24) is 9.97 Å². The van der Waals surface area contributed by atoms with Gasteiger partial charge in [0.2, 0.25) is 0 Å². The maximum Gasteiger partial charge on any atom is 0.135 e. The van der Waals surface area contributed by atoms with Gasteiger partial charge in [-0.05, 0) is 18.3 Å². The van der Waals surface area contributed by atoms with Crippen LogP contribution in [0.3, 0.4) is 0 Å². The molecule has 0 aromatic carbocycles. The molecule has 0 aliphatic carbocycles. The van der Waals surface area contributed by atoms with Crippen LogP contribution in [0.15, 0.2) is 0 Å². The summed E-state index contributed by atoms with van der Waals surface area (Å²) in [6, 6.07) is 0. The zero-order chi connectivity index (χ0) is 15.5.